The van der Waals surface area contributed by atoms with Gasteiger partial charge in [0.05, 0.1) is 0 Å². The van der Waals surface area contributed by atoms with Crippen molar-refractivity contribution >= 4 is 31.9 Å². The maximum absolute atomic E-state index is 5.71. The molecule has 0 atom stereocenters. The predicted octanol–water partition coefficient (Wildman–Crippen LogP) is 5.02. The Bertz CT molecular complexity index is 532. The minimum absolute atomic E-state index is 0.584. The van der Waals surface area contributed by atoms with E-state index in [1.54, 1.807) is 0 Å². The van der Waals surface area contributed by atoms with Crippen LogP contribution in [0.2, 0.25) is 0 Å². The van der Waals surface area contributed by atoms with Gasteiger partial charge in [-0.3, -0.25) is 0 Å². The fraction of sp³-hybridized carbons (Fsp3) is 0.154. The molecule has 2 rings (SSSR count). The van der Waals surface area contributed by atoms with Crippen molar-refractivity contribution in [2.24, 2.45) is 0 Å². The van der Waals surface area contributed by atoms with E-state index in [2.05, 4.69) is 36.8 Å². The monoisotopic (exact) mass is 355 g/mol. The highest BCUT2D eigenvalue weighted by Gasteiger charge is 2.05. The van der Waals surface area contributed by atoms with E-state index in [4.69, 9.17) is 4.74 Å². The molecule has 2 aromatic rings. The molecular weight excluding hydrogens is 346 g/mol. The molecule has 0 bridgehead atoms. The van der Waals surface area contributed by atoms with Gasteiger partial charge in [-0.05, 0) is 59.1 Å². The highest BCUT2D eigenvalue weighted by Crippen LogP contribution is 2.29. The van der Waals surface area contributed by atoms with Crippen LogP contribution < -0.4 is 4.74 Å². The van der Waals surface area contributed by atoms with Crippen molar-refractivity contribution in [3.8, 4) is 11.6 Å². The summed E-state index contributed by atoms with van der Waals surface area (Å²) in [6.07, 6.45) is 0. The molecule has 0 spiro atoms. The second-order valence-electron chi connectivity index (χ2n) is 3.77. The lowest BCUT2D eigenvalue weighted by atomic mass is 10.1. The number of nitrogens with zero attached hydrogens (tertiary/aromatic N) is 1. The molecule has 0 unspecified atom stereocenters. The lowest BCUT2D eigenvalue weighted by Gasteiger charge is -2.09. The van der Waals surface area contributed by atoms with Gasteiger partial charge >= 0.3 is 0 Å². The Balaban J connectivity index is 2.31. The van der Waals surface area contributed by atoms with Crippen LogP contribution in [0.25, 0.3) is 0 Å². The van der Waals surface area contributed by atoms with Crippen molar-refractivity contribution in [3.63, 3.8) is 0 Å². The van der Waals surface area contributed by atoms with Crippen LogP contribution in [-0.4, -0.2) is 4.98 Å². The maximum atomic E-state index is 5.71. The lowest BCUT2D eigenvalue weighted by molar-refractivity contribution is 0.461. The van der Waals surface area contributed by atoms with E-state index in [1.807, 2.05) is 44.2 Å². The first-order valence-corrected chi connectivity index (χ1v) is 6.72. The van der Waals surface area contributed by atoms with Crippen LogP contribution in [-0.2, 0) is 0 Å². The van der Waals surface area contributed by atoms with E-state index in [0.717, 1.165) is 26.0 Å². The standard InChI is InChI=1S/C13H11Br2NO/c1-8-6-10(7-9(2)13(8)15)17-12-5-3-4-11(14)16-12/h3-7H,1-2H3. The molecule has 4 heteroatoms. The van der Waals surface area contributed by atoms with E-state index in [9.17, 15) is 0 Å². The smallest absolute Gasteiger partial charge is 0.220 e. The number of hydrogen-bond donors (Lipinski definition) is 0. The van der Waals surface area contributed by atoms with Crippen molar-refractivity contribution in [2.75, 3.05) is 0 Å². The zero-order valence-electron chi connectivity index (χ0n) is 9.50. The third-order valence-corrected chi connectivity index (χ3v) is 4.01. The van der Waals surface area contributed by atoms with Gasteiger partial charge in [0, 0.05) is 10.5 Å². The van der Waals surface area contributed by atoms with Gasteiger partial charge < -0.3 is 4.74 Å². The third kappa shape index (κ3) is 3.07. The number of aryl methyl sites for hydroxylation is 2. The molecule has 0 fully saturated rings. The molecule has 0 saturated carbocycles. The second kappa shape index (κ2) is 5.19. The van der Waals surface area contributed by atoms with Crippen molar-refractivity contribution in [1.29, 1.82) is 0 Å². The molecule has 0 aliphatic heterocycles. The van der Waals surface area contributed by atoms with E-state index < -0.39 is 0 Å². The first-order chi connectivity index (χ1) is 8.06. The number of ether oxygens (including phenoxy) is 1. The highest BCUT2D eigenvalue weighted by atomic mass is 79.9. The van der Waals surface area contributed by atoms with Gasteiger partial charge in [-0.15, -0.1) is 0 Å². The van der Waals surface area contributed by atoms with Crippen molar-refractivity contribution < 1.29 is 4.74 Å². The maximum Gasteiger partial charge on any atom is 0.220 e. The zero-order chi connectivity index (χ0) is 12.4. The summed E-state index contributed by atoms with van der Waals surface area (Å²) in [5.74, 6) is 1.38. The quantitative estimate of drug-likeness (QED) is 0.705. The van der Waals surface area contributed by atoms with Crippen LogP contribution >= 0.6 is 31.9 Å². The lowest BCUT2D eigenvalue weighted by Crippen LogP contribution is -1.90. The largest absolute Gasteiger partial charge is 0.439 e. The Morgan fingerprint density at radius 2 is 1.71 bits per heavy atom. The molecule has 0 amide bonds. The van der Waals surface area contributed by atoms with Gasteiger partial charge in [0.1, 0.15) is 10.4 Å². The number of aromatic nitrogens is 1. The minimum atomic E-state index is 0.584. The fourth-order valence-electron chi connectivity index (χ4n) is 1.53. The molecular formula is C13H11Br2NO. The molecule has 2 nitrogen and oxygen atoms in total. The summed E-state index contributed by atoms with van der Waals surface area (Å²) in [5, 5.41) is 0. The van der Waals surface area contributed by atoms with Crippen molar-refractivity contribution in [1.82, 2.24) is 4.98 Å². The van der Waals surface area contributed by atoms with Gasteiger partial charge in [-0.1, -0.05) is 22.0 Å². The summed E-state index contributed by atoms with van der Waals surface area (Å²) in [6.45, 7) is 4.08. The summed E-state index contributed by atoms with van der Waals surface area (Å²) in [7, 11) is 0. The van der Waals surface area contributed by atoms with Crippen LogP contribution in [0.4, 0.5) is 0 Å². The summed E-state index contributed by atoms with van der Waals surface area (Å²) in [6, 6.07) is 9.56. The van der Waals surface area contributed by atoms with Crippen molar-refractivity contribution in [3.05, 3.63) is 50.5 Å². The normalized spacial score (nSPS) is 10.4. The number of halogens is 2. The second-order valence-corrected chi connectivity index (χ2v) is 5.38. The average Bonchev–Trinajstić information content (AvgIpc) is 2.26. The summed E-state index contributed by atoms with van der Waals surface area (Å²) in [4.78, 5) is 4.23. The number of pyridine rings is 1. The fourth-order valence-corrected chi connectivity index (χ4v) is 2.09. The number of hydrogen-bond acceptors (Lipinski definition) is 2. The Hall–Kier alpha value is -0.870. The molecule has 0 aliphatic carbocycles. The molecule has 0 radical (unpaired) electrons. The molecule has 1 aromatic heterocycles. The van der Waals surface area contributed by atoms with E-state index in [0.29, 0.717) is 5.88 Å². The molecule has 0 saturated heterocycles. The van der Waals surface area contributed by atoms with Gasteiger partial charge in [-0.25, -0.2) is 4.98 Å². The molecule has 0 aliphatic rings. The van der Waals surface area contributed by atoms with Crippen LogP contribution in [0.3, 0.4) is 0 Å². The molecule has 0 N–H and O–H groups in total. The first-order valence-electron chi connectivity index (χ1n) is 5.13. The molecule has 1 aromatic carbocycles. The van der Waals surface area contributed by atoms with Gasteiger partial charge in [-0.2, -0.15) is 0 Å². The molecule has 88 valence electrons. The number of benzene rings is 1. The van der Waals surface area contributed by atoms with Gasteiger partial charge in [0.15, 0.2) is 0 Å². The van der Waals surface area contributed by atoms with Crippen LogP contribution in [0.1, 0.15) is 11.1 Å². The van der Waals surface area contributed by atoms with Crippen LogP contribution in [0, 0.1) is 13.8 Å². The predicted molar refractivity (Wildman–Crippen MR) is 75.6 cm³/mol. The molecule has 1 heterocycles. The highest BCUT2D eigenvalue weighted by molar-refractivity contribution is 9.10. The Labute approximate surface area is 117 Å². The van der Waals surface area contributed by atoms with Gasteiger partial charge in [0.2, 0.25) is 5.88 Å². The SMILES string of the molecule is Cc1cc(Oc2cccc(Br)n2)cc(C)c1Br. The Morgan fingerprint density at radius 3 is 2.29 bits per heavy atom. The van der Waals surface area contributed by atoms with Crippen molar-refractivity contribution in [2.45, 2.75) is 13.8 Å². The Morgan fingerprint density at radius 1 is 1.06 bits per heavy atom. The topological polar surface area (TPSA) is 22.1 Å². The van der Waals surface area contributed by atoms with E-state index in [1.165, 1.54) is 0 Å². The van der Waals surface area contributed by atoms with Crippen LogP contribution in [0.5, 0.6) is 11.6 Å². The summed E-state index contributed by atoms with van der Waals surface area (Å²) < 4.78 is 7.60. The summed E-state index contributed by atoms with van der Waals surface area (Å²) in [5.41, 5.74) is 2.30. The third-order valence-electron chi connectivity index (χ3n) is 2.32. The zero-order valence-corrected chi connectivity index (χ0v) is 12.7. The average molecular weight is 357 g/mol. The first kappa shape index (κ1) is 12.6. The van der Waals surface area contributed by atoms with Crippen LogP contribution in [0.15, 0.2) is 39.4 Å². The Kier molecular flexibility index (Phi) is 3.84. The molecule has 17 heavy (non-hydrogen) atoms. The summed E-state index contributed by atoms with van der Waals surface area (Å²) >= 11 is 6.85. The minimum Gasteiger partial charge on any atom is -0.439 e. The van der Waals surface area contributed by atoms with Gasteiger partial charge in [0.25, 0.3) is 0 Å². The number of rotatable bonds is 2. The van der Waals surface area contributed by atoms with E-state index in [-0.39, 0.29) is 0 Å². The van der Waals surface area contributed by atoms with E-state index >= 15 is 0 Å².